The van der Waals surface area contributed by atoms with Crippen LogP contribution in [0.1, 0.15) is 27.7 Å². The number of hydrogen-bond donors (Lipinski definition) is 1. The summed E-state index contributed by atoms with van der Waals surface area (Å²) in [6.45, 7) is 5.87. The summed E-state index contributed by atoms with van der Waals surface area (Å²) < 4.78 is 4.95. The molecule has 1 aromatic carbocycles. The summed E-state index contributed by atoms with van der Waals surface area (Å²) in [5.41, 5.74) is 2.88. The van der Waals surface area contributed by atoms with E-state index in [4.69, 9.17) is 4.74 Å². The van der Waals surface area contributed by atoms with Gasteiger partial charge in [0.25, 0.3) is 0 Å². The average Bonchev–Trinajstić information content (AvgIpc) is 2.68. The minimum atomic E-state index is -0.465. The second-order valence-corrected chi connectivity index (χ2v) is 5.29. The highest BCUT2D eigenvalue weighted by Crippen LogP contribution is 2.41. The summed E-state index contributed by atoms with van der Waals surface area (Å²) in [4.78, 5) is 13.0. The SMILES string of the molecule is CCOC(=O)c1sc(-c2ccccc2C)c(C)c1O. The van der Waals surface area contributed by atoms with Crippen molar-refractivity contribution in [3.63, 3.8) is 0 Å². The molecule has 19 heavy (non-hydrogen) atoms. The van der Waals surface area contributed by atoms with Crippen LogP contribution in [0.25, 0.3) is 10.4 Å². The first kappa shape index (κ1) is 13.6. The van der Waals surface area contributed by atoms with E-state index < -0.39 is 5.97 Å². The number of carbonyl (C=O) groups excluding carboxylic acids is 1. The van der Waals surface area contributed by atoms with Crippen LogP contribution in [0.2, 0.25) is 0 Å². The molecule has 0 aliphatic rings. The topological polar surface area (TPSA) is 46.5 Å². The molecule has 0 aliphatic heterocycles. The van der Waals surface area contributed by atoms with Crippen LogP contribution >= 0.6 is 11.3 Å². The second kappa shape index (κ2) is 5.45. The fourth-order valence-corrected chi connectivity index (χ4v) is 3.11. The van der Waals surface area contributed by atoms with Crippen LogP contribution in [0.15, 0.2) is 24.3 Å². The van der Waals surface area contributed by atoms with E-state index >= 15 is 0 Å². The Hall–Kier alpha value is -1.81. The fourth-order valence-electron chi connectivity index (χ4n) is 1.92. The largest absolute Gasteiger partial charge is 0.506 e. The van der Waals surface area contributed by atoms with Crippen molar-refractivity contribution >= 4 is 17.3 Å². The fraction of sp³-hybridized carbons (Fsp3) is 0.267. The lowest BCUT2D eigenvalue weighted by atomic mass is 10.0. The Kier molecular flexibility index (Phi) is 3.90. The van der Waals surface area contributed by atoms with Crippen LogP contribution in [0.5, 0.6) is 5.75 Å². The van der Waals surface area contributed by atoms with Crippen LogP contribution in [-0.2, 0) is 4.74 Å². The van der Waals surface area contributed by atoms with Gasteiger partial charge < -0.3 is 9.84 Å². The molecular formula is C15H16O3S. The van der Waals surface area contributed by atoms with Crippen molar-refractivity contribution in [3.8, 4) is 16.2 Å². The maximum atomic E-state index is 11.8. The number of ether oxygens (including phenoxy) is 1. The highest BCUT2D eigenvalue weighted by atomic mass is 32.1. The van der Waals surface area contributed by atoms with Gasteiger partial charge in [-0.15, -0.1) is 11.3 Å². The van der Waals surface area contributed by atoms with Crippen LogP contribution in [0.3, 0.4) is 0 Å². The van der Waals surface area contributed by atoms with Gasteiger partial charge in [0.2, 0.25) is 0 Å². The Morgan fingerprint density at radius 2 is 2.00 bits per heavy atom. The van der Waals surface area contributed by atoms with Gasteiger partial charge in [-0.25, -0.2) is 4.79 Å². The van der Waals surface area contributed by atoms with Crippen molar-refractivity contribution in [1.82, 2.24) is 0 Å². The van der Waals surface area contributed by atoms with Crippen molar-refractivity contribution in [2.24, 2.45) is 0 Å². The summed E-state index contributed by atoms with van der Waals surface area (Å²) in [6, 6.07) is 7.91. The van der Waals surface area contributed by atoms with E-state index in [1.165, 1.54) is 11.3 Å². The van der Waals surface area contributed by atoms with Gasteiger partial charge in [0.05, 0.1) is 6.61 Å². The smallest absolute Gasteiger partial charge is 0.352 e. The van der Waals surface area contributed by atoms with Gasteiger partial charge >= 0.3 is 5.97 Å². The lowest BCUT2D eigenvalue weighted by Crippen LogP contribution is -2.02. The molecule has 100 valence electrons. The molecule has 0 fully saturated rings. The van der Waals surface area contributed by atoms with E-state index in [-0.39, 0.29) is 10.6 Å². The lowest BCUT2D eigenvalue weighted by Gasteiger charge is -2.03. The maximum absolute atomic E-state index is 11.8. The molecule has 0 aliphatic carbocycles. The number of aryl methyl sites for hydroxylation is 1. The Morgan fingerprint density at radius 3 is 2.63 bits per heavy atom. The Labute approximate surface area is 116 Å². The van der Waals surface area contributed by atoms with Crippen LogP contribution in [0.4, 0.5) is 0 Å². The van der Waals surface area contributed by atoms with Crippen molar-refractivity contribution in [3.05, 3.63) is 40.3 Å². The highest BCUT2D eigenvalue weighted by Gasteiger charge is 2.22. The van der Waals surface area contributed by atoms with Crippen molar-refractivity contribution in [1.29, 1.82) is 0 Å². The van der Waals surface area contributed by atoms with E-state index in [0.717, 1.165) is 21.6 Å². The molecule has 0 amide bonds. The number of thiophene rings is 1. The summed E-state index contributed by atoms with van der Waals surface area (Å²) in [5.74, 6) is -0.436. The number of benzene rings is 1. The number of aromatic hydroxyl groups is 1. The molecule has 0 atom stereocenters. The first-order chi connectivity index (χ1) is 9.06. The third-order valence-corrected chi connectivity index (χ3v) is 4.26. The molecule has 2 aromatic rings. The molecular weight excluding hydrogens is 260 g/mol. The van der Waals surface area contributed by atoms with E-state index in [1.54, 1.807) is 6.92 Å². The van der Waals surface area contributed by atoms with E-state index in [0.29, 0.717) is 6.61 Å². The predicted molar refractivity (Wildman–Crippen MR) is 76.9 cm³/mol. The van der Waals surface area contributed by atoms with Gasteiger partial charge in [-0.2, -0.15) is 0 Å². The zero-order chi connectivity index (χ0) is 14.0. The first-order valence-electron chi connectivity index (χ1n) is 6.11. The molecule has 0 bridgehead atoms. The molecule has 1 N–H and O–H groups in total. The summed E-state index contributed by atoms with van der Waals surface area (Å²) >= 11 is 1.28. The van der Waals surface area contributed by atoms with Gasteiger partial charge in [0.15, 0.2) is 4.88 Å². The maximum Gasteiger partial charge on any atom is 0.352 e. The second-order valence-electron chi connectivity index (χ2n) is 4.27. The predicted octanol–water partition coefficient (Wildman–Crippen LogP) is 3.91. The quantitative estimate of drug-likeness (QED) is 0.864. The van der Waals surface area contributed by atoms with Crippen molar-refractivity contribution in [2.75, 3.05) is 6.61 Å². The van der Waals surface area contributed by atoms with Crippen LogP contribution < -0.4 is 0 Å². The van der Waals surface area contributed by atoms with Crippen molar-refractivity contribution < 1.29 is 14.6 Å². The van der Waals surface area contributed by atoms with Gasteiger partial charge in [-0.3, -0.25) is 0 Å². The number of carbonyl (C=O) groups is 1. The van der Waals surface area contributed by atoms with Crippen LogP contribution in [0, 0.1) is 13.8 Å². The number of rotatable bonds is 3. The first-order valence-corrected chi connectivity index (χ1v) is 6.93. The molecule has 0 unspecified atom stereocenters. The van der Waals surface area contributed by atoms with E-state index in [2.05, 4.69) is 0 Å². The zero-order valence-electron chi connectivity index (χ0n) is 11.2. The molecule has 1 aromatic heterocycles. The standard InChI is InChI=1S/C15H16O3S/c1-4-18-15(17)14-12(16)10(3)13(19-14)11-8-6-5-7-9(11)2/h5-8,16H,4H2,1-3H3. The lowest BCUT2D eigenvalue weighted by molar-refractivity contribution is 0.0529. The van der Waals surface area contributed by atoms with E-state index in [9.17, 15) is 9.90 Å². The molecule has 3 nitrogen and oxygen atoms in total. The number of esters is 1. The molecule has 0 saturated carbocycles. The minimum absolute atomic E-state index is 0.0294. The van der Waals surface area contributed by atoms with Gasteiger partial charge in [-0.1, -0.05) is 24.3 Å². The van der Waals surface area contributed by atoms with Crippen molar-refractivity contribution in [2.45, 2.75) is 20.8 Å². The normalized spacial score (nSPS) is 10.5. The third-order valence-electron chi connectivity index (χ3n) is 2.97. The molecule has 4 heteroatoms. The Bertz CT molecular complexity index is 614. The molecule has 0 radical (unpaired) electrons. The van der Waals surface area contributed by atoms with Gasteiger partial charge in [-0.05, 0) is 31.9 Å². The third kappa shape index (κ3) is 2.49. The van der Waals surface area contributed by atoms with Gasteiger partial charge in [0, 0.05) is 10.4 Å². The molecule has 1 heterocycles. The monoisotopic (exact) mass is 276 g/mol. The van der Waals surface area contributed by atoms with Gasteiger partial charge in [0.1, 0.15) is 5.75 Å². The number of hydrogen-bond acceptors (Lipinski definition) is 4. The summed E-state index contributed by atoms with van der Waals surface area (Å²) in [7, 11) is 0. The zero-order valence-corrected chi connectivity index (χ0v) is 12.0. The van der Waals surface area contributed by atoms with E-state index in [1.807, 2.05) is 38.1 Å². The molecule has 0 saturated heterocycles. The summed E-state index contributed by atoms with van der Waals surface area (Å²) in [6.07, 6.45) is 0. The highest BCUT2D eigenvalue weighted by molar-refractivity contribution is 7.18. The molecule has 0 spiro atoms. The Balaban J connectivity index is 2.52. The molecule has 2 rings (SSSR count). The Morgan fingerprint density at radius 1 is 1.32 bits per heavy atom. The minimum Gasteiger partial charge on any atom is -0.506 e. The summed E-state index contributed by atoms with van der Waals surface area (Å²) in [5, 5.41) is 10.1. The average molecular weight is 276 g/mol. The van der Waals surface area contributed by atoms with Crippen LogP contribution in [-0.4, -0.2) is 17.7 Å².